The van der Waals surface area contributed by atoms with Gasteiger partial charge in [-0.05, 0) is 36.8 Å². The number of azo groups is 1. The van der Waals surface area contributed by atoms with E-state index in [0.717, 1.165) is 28.3 Å². The standard InChI is InChI=1S/C18H16FN3OS/c1-11-4-2-3-5-15(11)20-21-17-14-8-12(19)6-7-16(14)22(18(17)23)13-9-24-10-13/h2-8,13,23H,9-10H2,1H3. The van der Waals surface area contributed by atoms with Crippen LogP contribution in [0.2, 0.25) is 0 Å². The van der Waals surface area contributed by atoms with Crippen molar-refractivity contribution < 1.29 is 9.50 Å². The maximum Gasteiger partial charge on any atom is 0.221 e. The molecular weight excluding hydrogens is 325 g/mol. The Balaban J connectivity index is 1.86. The van der Waals surface area contributed by atoms with Crippen LogP contribution in [-0.4, -0.2) is 21.2 Å². The Morgan fingerprint density at radius 3 is 2.67 bits per heavy atom. The van der Waals surface area contributed by atoms with Crippen molar-refractivity contribution >= 4 is 34.0 Å². The molecule has 0 saturated carbocycles. The second-order valence-electron chi connectivity index (χ2n) is 5.88. The van der Waals surface area contributed by atoms with Crippen LogP contribution in [0.3, 0.4) is 0 Å². The van der Waals surface area contributed by atoms with E-state index in [1.165, 1.54) is 12.1 Å². The Bertz CT molecular complexity index is 947. The first-order chi connectivity index (χ1) is 11.6. The lowest BCUT2D eigenvalue weighted by Gasteiger charge is -2.27. The van der Waals surface area contributed by atoms with Crippen LogP contribution in [0, 0.1) is 12.7 Å². The number of benzene rings is 2. The summed E-state index contributed by atoms with van der Waals surface area (Å²) in [5, 5.41) is 19.8. The Morgan fingerprint density at radius 2 is 1.96 bits per heavy atom. The highest BCUT2D eigenvalue weighted by Gasteiger charge is 2.27. The fourth-order valence-electron chi connectivity index (χ4n) is 2.88. The number of aryl methyl sites for hydroxylation is 1. The molecule has 2 aromatic carbocycles. The molecule has 2 heterocycles. The van der Waals surface area contributed by atoms with Crippen molar-refractivity contribution in [3.8, 4) is 5.88 Å². The third-order valence-corrected chi connectivity index (χ3v) is 5.51. The molecule has 1 fully saturated rings. The minimum Gasteiger partial charge on any atom is -0.493 e. The second-order valence-corrected chi connectivity index (χ2v) is 6.96. The van der Waals surface area contributed by atoms with E-state index in [0.29, 0.717) is 11.1 Å². The van der Waals surface area contributed by atoms with Gasteiger partial charge in [0.15, 0.2) is 5.69 Å². The van der Waals surface area contributed by atoms with Gasteiger partial charge in [0.05, 0.1) is 17.2 Å². The van der Waals surface area contributed by atoms with Gasteiger partial charge in [-0.2, -0.15) is 16.9 Å². The summed E-state index contributed by atoms with van der Waals surface area (Å²) in [5.74, 6) is 1.57. The summed E-state index contributed by atoms with van der Waals surface area (Å²) in [5.41, 5.74) is 2.84. The molecule has 0 aliphatic carbocycles. The maximum absolute atomic E-state index is 13.7. The van der Waals surface area contributed by atoms with E-state index < -0.39 is 0 Å². The summed E-state index contributed by atoms with van der Waals surface area (Å²) < 4.78 is 15.6. The van der Waals surface area contributed by atoms with Crippen LogP contribution in [0.4, 0.5) is 15.8 Å². The average molecular weight is 341 g/mol. The molecule has 1 aliphatic heterocycles. The van der Waals surface area contributed by atoms with E-state index in [2.05, 4.69) is 10.2 Å². The first-order valence-electron chi connectivity index (χ1n) is 7.72. The van der Waals surface area contributed by atoms with E-state index in [1.54, 1.807) is 6.07 Å². The number of halogens is 1. The van der Waals surface area contributed by atoms with Gasteiger partial charge in [0, 0.05) is 16.9 Å². The van der Waals surface area contributed by atoms with Gasteiger partial charge in [-0.1, -0.05) is 18.2 Å². The molecule has 1 N–H and O–H groups in total. The minimum atomic E-state index is -0.352. The van der Waals surface area contributed by atoms with E-state index in [9.17, 15) is 9.50 Å². The average Bonchev–Trinajstić information content (AvgIpc) is 2.77. The lowest BCUT2D eigenvalue weighted by Crippen LogP contribution is -2.22. The van der Waals surface area contributed by atoms with Crippen molar-refractivity contribution in [3.05, 3.63) is 53.8 Å². The molecule has 0 bridgehead atoms. The molecule has 4 nitrogen and oxygen atoms in total. The molecule has 1 saturated heterocycles. The Labute approximate surface area is 143 Å². The summed E-state index contributed by atoms with van der Waals surface area (Å²) >= 11 is 1.82. The summed E-state index contributed by atoms with van der Waals surface area (Å²) in [7, 11) is 0. The number of fused-ring (bicyclic) bond motifs is 1. The lowest BCUT2D eigenvalue weighted by atomic mass is 10.2. The van der Waals surface area contributed by atoms with Gasteiger partial charge in [-0.25, -0.2) is 4.39 Å². The van der Waals surface area contributed by atoms with Crippen molar-refractivity contribution in [2.24, 2.45) is 10.2 Å². The molecule has 0 radical (unpaired) electrons. The number of aromatic hydroxyl groups is 1. The number of hydrogen-bond donors (Lipinski definition) is 1. The molecule has 24 heavy (non-hydrogen) atoms. The Morgan fingerprint density at radius 1 is 1.17 bits per heavy atom. The fourth-order valence-corrected chi connectivity index (χ4v) is 3.62. The summed E-state index contributed by atoms with van der Waals surface area (Å²) in [6.07, 6.45) is 0. The zero-order chi connectivity index (χ0) is 16.7. The maximum atomic E-state index is 13.7. The SMILES string of the molecule is Cc1ccccc1N=Nc1c(O)n(C2CSC2)c2ccc(F)cc12. The zero-order valence-corrected chi connectivity index (χ0v) is 13.9. The number of aromatic nitrogens is 1. The van der Waals surface area contributed by atoms with Gasteiger partial charge in [-0.3, -0.25) is 0 Å². The third-order valence-electron chi connectivity index (χ3n) is 4.27. The first-order valence-corrected chi connectivity index (χ1v) is 8.88. The quantitative estimate of drug-likeness (QED) is 0.640. The predicted octanol–water partition coefficient (Wildman–Crippen LogP) is 5.50. The predicted molar refractivity (Wildman–Crippen MR) is 95.3 cm³/mol. The van der Waals surface area contributed by atoms with E-state index >= 15 is 0 Å². The number of rotatable bonds is 3. The van der Waals surface area contributed by atoms with Gasteiger partial charge >= 0.3 is 0 Å². The van der Waals surface area contributed by atoms with Crippen LogP contribution in [0.15, 0.2) is 52.7 Å². The topological polar surface area (TPSA) is 49.9 Å². The molecule has 1 aromatic heterocycles. The number of thioether (sulfide) groups is 1. The normalized spacial score (nSPS) is 15.2. The van der Waals surface area contributed by atoms with Crippen LogP contribution >= 0.6 is 11.8 Å². The van der Waals surface area contributed by atoms with Gasteiger partial charge in [0.25, 0.3) is 0 Å². The molecule has 3 aromatic rings. The molecule has 0 spiro atoms. The van der Waals surface area contributed by atoms with E-state index in [-0.39, 0.29) is 17.7 Å². The monoisotopic (exact) mass is 341 g/mol. The second kappa shape index (κ2) is 5.94. The van der Waals surface area contributed by atoms with Crippen LogP contribution in [0.1, 0.15) is 11.6 Å². The number of hydrogen-bond acceptors (Lipinski definition) is 4. The lowest BCUT2D eigenvalue weighted by molar-refractivity contribution is 0.406. The first kappa shape index (κ1) is 15.2. The van der Waals surface area contributed by atoms with Gasteiger partial charge in [0.1, 0.15) is 5.82 Å². The highest BCUT2D eigenvalue weighted by atomic mass is 32.2. The summed E-state index contributed by atoms with van der Waals surface area (Å²) in [6.45, 7) is 1.95. The Kier molecular flexibility index (Phi) is 3.76. The Hall–Kier alpha value is -2.34. The molecule has 4 rings (SSSR count). The fraction of sp³-hybridized carbons (Fsp3) is 0.222. The van der Waals surface area contributed by atoms with Gasteiger partial charge in [0.2, 0.25) is 5.88 Å². The molecular formula is C18H16FN3OS. The molecule has 122 valence electrons. The molecule has 0 amide bonds. The van der Waals surface area contributed by atoms with Crippen molar-refractivity contribution in [3.63, 3.8) is 0 Å². The van der Waals surface area contributed by atoms with Crippen molar-refractivity contribution in [1.29, 1.82) is 0 Å². The minimum absolute atomic E-state index is 0.0539. The molecule has 6 heteroatoms. The summed E-state index contributed by atoms with van der Waals surface area (Å²) in [6, 6.07) is 12.3. The molecule has 0 unspecified atom stereocenters. The molecule has 0 atom stereocenters. The number of nitrogens with zero attached hydrogens (tertiary/aromatic N) is 3. The van der Waals surface area contributed by atoms with Crippen molar-refractivity contribution in [2.45, 2.75) is 13.0 Å². The van der Waals surface area contributed by atoms with Gasteiger partial charge in [-0.15, -0.1) is 5.11 Å². The smallest absolute Gasteiger partial charge is 0.221 e. The van der Waals surface area contributed by atoms with Crippen LogP contribution in [0.5, 0.6) is 5.88 Å². The molecule has 1 aliphatic rings. The van der Waals surface area contributed by atoms with Crippen LogP contribution < -0.4 is 0 Å². The van der Waals surface area contributed by atoms with Crippen molar-refractivity contribution in [2.75, 3.05) is 11.5 Å². The highest BCUT2D eigenvalue weighted by molar-refractivity contribution is 8.00. The highest BCUT2D eigenvalue weighted by Crippen LogP contribution is 2.45. The van der Waals surface area contributed by atoms with E-state index in [1.807, 2.05) is 47.5 Å². The van der Waals surface area contributed by atoms with Crippen LogP contribution in [-0.2, 0) is 0 Å². The zero-order valence-electron chi connectivity index (χ0n) is 13.1. The third kappa shape index (κ3) is 2.47. The van der Waals surface area contributed by atoms with Crippen molar-refractivity contribution in [1.82, 2.24) is 4.57 Å². The van der Waals surface area contributed by atoms with Gasteiger partial charge < -0.3 is 9.67 Å². The van der Waals surface area contributed by atoms with E-state index in [4.69, 9.17) is 0 Å². The van der Waals surface area contributed by atoms with Crippen LogP contribution in [0.25, 0.3) is 10.9 Å². The largest absolute Gasteiger partial charge is 0.493 e. The summed E-state index contributed by atoms with van der Waals surface area (Å²) in [4.78, 5) is 0.